The first-order valence-corrected chi connectivity index (χ1v) is 14.8. The van der Waals surface area contributed by atoms with Crippen LogP contribution in [0, 0.1) is 11.7 Å². The number of carbonyl (C=O) groups excluding carboxylic acids is 5. The summed E-state index contributed by atoms with van der Waals surface area (Å²) >= 11 is 1.20. The minimum Gasteiger partial charge on any atom is -0.463 e. The van der Waals surface area contributed by atoms with Gasteiger partial charge in [0.1, 0.15) is 17.9 Å². The Morgan fingerprint density at radius 3 is 2.29 bits per heavy atom. The van der Waals surface area contributed by atoms with Gasteiger partial charge in [-0.3, -0.25) is 19.2 Å². The summed E-state index contributed by atoms with van der Waals surface area (Å²) in [5.41, 5.74) is 5.86. The van der Waals surface area contributed by atoms with Crippen LogP contribution < -0.4 is 21.7 Å². The van der Waals surface area contributed by atoms with Crippen molar-refractivity contribution in [3.8, 4) is 0 Å². The van der Waals surface area contributed by atoms with E-state index >= 15 is 0 Å². The molecule has 1 aromatic carbocycles. The van der Waals surface area contributed by atoms with Gasteiger partial charge >= 0.3 is 5.97 Å². The molecule has 2 rings (SSSR count). The molecule has 0 aromatic heterocycles. The molecule has 10 nitrogen and oxygen atoms in total. The molecule has 1 fully saturated rings. The van der Waals surface area contributed by atoms with Gasteiger partial charge in [-0.15, -0.1) is 0 Å². The van der Waals surface area contributed by atoms with E-state index in [1.807, 2.05) is 0 Å². The number of hydrogen-bond donors (Lipinski definition) is 4. The van der Waals surface area contributed by atoms with Crippen molar-refractivity contribution in [2.75, 3.05) is 6.61 Å². The third-order valence-electron chi connectivity index (χ3n) is 6.57. The Balaban J connectivity index is 2.21. The van der Waals surface area contributed by atoms with Gasteiger partial charge in [0.25, 0.3) is 5.24 Å². The Labute approximate surface area is 244 Å². The van der Waals surface area contributed by atoms with Crippen LogP contribution in [0.25, 0.3) is 0 Å². The van der Waals surface area contributed by atoms with E-state index in [1.54, 1.807) is 20.8 Å². The van der Waals surface area contributed by atoms with Crippen molar-refractivity contribution in [2.45, 2.75) is 89.1 Å². The van der Waals surface area contributed by atoms with E-state index < -0.39 is 47.6 Å². The van der Waals surface area contributed by atoms with Gasteiger partial charge < -0.3 is 26.4 Å². The molecule has 41 heavy (non-hydrogen) atoms. The van der Waals surface area contributed by atoms with Gasteiger partial charge in [0, 0.05) is 30.2 Å². The quantitative estimate of drug-likeness (QED) is 0.180. The van der Waals surface area contributed by atoms with E-state index in [9.17, 15) is 28.4 Å². The average Bonchev–Trinajstić information content (AvgIpc) is 3.42. The highest BCUT2D eigenvalue weighted by Gasteiger charge is 2.31. The third-order valence-corrected chi connectivity index (χ3v) is 7.70. The fraction of sp³-hybridized carbons (Fsp3) is 0.552. The van der Waals surface area contributed by atoms with E-state index in [1.165, 1.54) is 42.1 Å². The Morgan fingerprint density at radius 1 is 1.05 bits per heavy atom. The second-order valence-corrected chi connectivity index (χ2v) is 11.6. The molecule has 0 bridgehead atoms. The summed E-state index contributed by atoms with van der Waals surface area (Å²) in [7, 11) is 0. The fourth-order valence-corrected chi connectivity index (χ4v) is 5.43. The molecular formula is C29H41FN4O6S. The number of ether oxygens (including phenoxy) is 1. The molecule has 0 radical (unpaired) electrons. The van der Waals surface area contributed by atoms with Gasteiger partial charge in [-0.25, -0.2) is 9.18 Å². The second-order valence-electron chi connectivity index (χ2n) is 10.3. The number of primary amides is 1. The second kappa shape index (κ2) is 17.4. The number of esters is 1. The van der Waals surface area contributed by atoms with Crippen molar-refractivity contribution < 1.29 is 33.1 Å². The monoisotopic (exact) mass is 592 g/mol. The molecule has 0 spiro atoms. The molecule has 4 amide bonds. The molecule has 0 aliphatic heterocycles. The minimum atomic E-state index is -1.11. The molecule has 1 aliphatic carbocycles. The molecule has 12 heteroatoms. The largest absolute Gasteiger partial charge is 0.463 e. The van der Waals surface area contributed by atoms with Crippen LogP contribution >= 0.6 is 11.8 Å². The Kier molecular flexibility index (Phi) is 14.4. The zero-order valence-electron chi connectivity index (χ0n) is 23.8. The summed E-state index contributed by atoms with van der Waals surface area (Å²) in [4.78, 5) is 62.7. The van der Waals surface area contributed by atoms with Crippen LogP contribution in [-0.4, -0.2) is 58.9 Å². The molecule has 1 aromatic rings. The van der Waals surface area contributed by atoms with Crippen molar-refractivity contribution in [1.82, 2.24) is 16.0 Å². The van der Waals surface area contributed by atoms with E-state index in [0.717, 1.165) is 31.8 Å². The maximum atomic E-state index is 13.5. The normalized spacial score (nSPS) is 15.7. The Hall–Kier alpha value is -3.41. The van der Waals surface area contributed by atoms with Crippen LogP contribution in [0.4, 0.5) is 9.18 Å². The van der Waals surface area contributed by atoms with Gasteiger partial charge in [-0.1, -0.05) is 56.7 Å². The molecule has 1 saturated carbocycles. The van der Waals surface area contributed by atoms with Gasteiger partial charge in [-0.2, -0.15) is 0 Å². The number of halogens is 1. The molecule has 3 atom stereocenters. The van der Waals surface area contributed by atoms with Crippen molar-refractivity contribution >= 4 is 40.7 Å². The predicted molar refractivity (Wildman–Crippen MR) is 155 cm³/mol. The first-order chi connectivity index (χ1) is 19.5. The highest BCUT2D eigenvalue weighted by atomic mass is 32.2. The number of nitrogens with two attached hydrogens (primary N) is 1. The Morgan fingerprint density at radius 2 is 1.71 bits per heavy atom. The van der Waals surface area contributed by atoms with Crippen LogP contribution in [0.15, 0.2) is 36.4 Å². The smallest absolute Gasteiger partial charge is 0.330 e. The predicted octanol–water partition coefficient (Wildman–Crippen LogP) is 3.13. The summed E-state index contributed by atoms with van der Waals surface area (Å²) in [6.45, 7) is 5.40. The first-order valence-electron chi connectivity index (χ1n) is 13.9. The van der Waals surface area contributed by atoms with Crippen LogP contribution in [0.5, 0.6) is 0 Å². The summed E-state index contributed by atoms with van der Waals surface area (Å²) in [5.74, 6) is -3.06. The number of carbonyl (C=O) groups is 5. The SMILES string of the molecule is CCOC(=O)/C=C/[C@H](CCC(N)=O)NC(=O)[C@H](Cc1ccc(F)cc1)NC(=O)[C@@H](NC(=O)SC1CCCC1)C(C)C. The summed E-state index contributed by atoms with van der Waals surface area (Å²) in [6.07, 6.45) is 6.68. The first kappa shape index (κ1) is 33.8. The molecule has 0 saturated heterocycles. The highest BCUT2D eigenvalue weighted by Crippen LogP contribution is 2.29. The molecule has 5 N–H and O–H groups in total. The standard InChI is InChI=1S/C29H41FN4O6S/c1-4-40-25(36)16-14-21(13-15-24(31)35)32-27(37)23(17-19-9-11-20(30)12-10-19)33-28(38)26(18(2)3)34-29(39)41-22-7-5-6-8-22/h9-12,14,16,18,21-23,26H,4-8,13,15,17H2,1-3H3,(H2,31,35)(H,32,37)(H,33,38)(H,34,39)/b16-14+/t21-,23-,26-/m0/s1. The van der Waals surface area contributed by atoms with Crippen molar-refractivity contribution in [3.05, 3.63) is 47.8 Å². The maximum Gasteiger partial charge on any atom is 0.330 e. The molecule has 226 valence electrons. The number of rotatable bonds is 15. The van der Waals surface area contributed by atoms with Crippen molar-refractivity contribution in [3.63, 3.8) is 0 Å². The van der Waals surface area contributed by atoms with Crippen LogP contribution in [-0.2, 0) is 30.3 Å². The van der Waals surface area contributed by atoms with Crippen molar-refractivity contribution in [1.29, 1.82) is 0 Å². The van der Waals surface area contributed by atoms with Crippen molar-refractivity contribution in [2.24, 2.45) is 11.7 Å². The zero-order valence-corrected chi connectivity index (χ0v) is 24.6. The van der Waals surface area contributed by atoms with Gasteiger partial charge in [0.2, 0.25) is 17.7 Å². The third kappa shape index (κ3) is 12.8. The Bertz CT molecular complexity index is 1080. The van der Waals surface area contributed by atoms with Crippen LogP contribution in [0.2, 0.25) is 0 Å². The number of benzene rings is 1. The minimum absolute atomic E-state index is 0.0254. The number of hydrogen-bond acceptors (Lipinski definition) is 7. The number of amides is 4. The summed E-state index contributed by atoms with van der Waals surface area (Å²) < 4.78 is 18.4. The maximum absolute atomic E-state index is 13.5. The topological polar surface area (TPSA) is 157 Å². The number of nitrogens with one attached hydrogen (secondary N) is 3. The van der Waals surface area contributed by atoms with Crippen LogP contribution in [0.3, 0.4) is 0 Å². The molecule has 0 heterocycles. The lowest BCUT2D eigenvalue weighted by Gasteiger charge is -2.26. The molecule has 1 aliphatic rings. The number of thioether (sulfide) groups is 1. The molecule has 0 unspecified atom stereocenters. The lowest BCUT2D eigenvalue weighted by molar-refractivity contribution is -0.137. The van der Waals surface area contributed by atoms with Gasteiger partial charge in [0.15, 0.2) is 0 Å². The average molecular weight is 593 g/mol. The summed E-state index contributed by atoms with van der Waals surface area (Å²) in [5, 5.41) is 8.21. The van der Waals surface area contributed by atoms with E-state index in [0.29, 0.717) is 5.56 Å². The lowest BCUT2D eigenvalue weighted by Crippen LogP contribution is -2.56. The fourth-order valence-electron chi connectivity index (χ4n) is 4.36. The van der Waals surface area contributed by atoms with E-state index in [-0.39, 0.29) is 42.3 Å². The van der Waals surface area contributed by atoms with Crippen LogP contribution in [0.1, 0.15) is 64.9 Å². The molecular weight excluding hydrogens is 551 g/mol. The lowest BCUT2D eigenvalue weighted by atomic mass is 10.0. The van der Waals surface area contributed by atoms with Gasteiger partial charge in [0.05, 0.1) is 6.61 Å². The van der Waals surface area contributed by atoms with E-state index in [2.05, 4.69) is 16.0 Å². The van der Waals surface area contributed by atoms with E-state index in [4.69, 9.17) is 10.5 Å². The highest BCUT2D eigenvalue weighted by molar-refractivity contribution is 8.14. The summed E-state index contributed by atoms with van der Waals surface area (Å²) in [6, 6.07) is 2.74. The zero-order chi connectivity index (χ0) is 30.4. The van der Waals surface area contributed by atoms with Gasteiger partial charge in [-0.05, 0) is 49.8 Å².